The van der Waals surface area contributed by atoms with Gasteiger partial charge in [-0.05, 0) is 19.4 Å². The highest BCUT2D eigenvalue weighted by molar-refractivity contribution is 5.91. The Labute approximate surface area is 94.9 Å². The fourth-order valence-corrected chi connectivity index (χ4v) is 1.93. The molecule has 1 aliphatic rings. The van der Waals surface area contributed by atoms with Crippen molar-refractivity contribution < 1.29 is 4.79 Å². The van der Waals surface area contributed by atoms with E-state index in [-0.39, 0.29) is 5.91 Å². The molecule has 5 nitrogen and oxygen atoms in total. The molecular formula is C11H16N4O. The quantitative estimate of drug-likeness (QED) is 0.796. The van der Waals surface area contributed by atoms with E-state index in [0.29, 0.717) is 11.7 Å². The van der Waals surface area contributed by atoms with E-state index in [0.717, 1.165) is 19.5 Å². The largest absolute Gasteiger partial charge is 0.339 e. The first-order chi connectivity index (χ1) is 7.77. The summed E-state index contributed by atoms with van der Waals surface area (Å²) in [7, 11) is 1.80. The Morgan fingerprint density at radius 3 is 3.12 bits per heavy atom. The number of amides is 1. The molecular weight excluding hydrogens is 204 g/mol. The Morgan fingerprint density at radius 1 is 1.62 bits per heavy atom. The van der Waals surface area contributed by atoms with Gasteiger partial charge in [0.05, 0.1) is 6.20 Å². The molecule has 5 heteroatoms. The molecule has 0 saturated carbocycles. The lowest BCUT2D eigenvalue weighted by Crippen LogP contribution is -2.38. The summed E-state index contributed by atoms with van der Waals surface area (Å²) in [6.07, 6.45) is 6.93. The van der Waals surface area contributed by atoms with Crippen LogP contribution in [0.25, 0.3) is 0 Å². The number of rotatable bonds is 3. The van der Waals surface area contributed by atoms with Crippen LogP contribution in [0.15, 0.2) is 18.6 Å². The van der Waals surface area contributed by atoms with Crippen LogP contribution in [0.1, 0.15) is 23.3 Å². The summed E-state index contributed by atoms with van der Waals surface area (Å²) in [5, 5.41) is 3.36. The summed E-state index contributed by atoms with van der Waals surface area (Å²) in [5.41, 5.74) is 0.406. The first-order valence-corrected chi connectivity index (χ1v) is 5.52. The minimum absolute atomic E-state index is 0.0678. The van der Waals surface area contributed by atoms with Crippen LogP contribution in [0.2, 0.25) is 0 Å². The lowest BCUT2D eigenvalue weighted by molar-refractivity contribution is 0.0777. The molecule has 0 aromatic carbocycles. The van der Waals surface area contributed by atoms with Gasteiger partial charge in [-0.1, -0.05) is 0 Å². The Balaban J connectivity index is 1.94. The first-order valence-electron chi connectivity index (χ1n) is 5.52. The summed E-state index contributed by atoms with van der Waals surface area (Å²) in [5.74, 6) is -0.0678. The fourth-order valence-electron chi connectivity index (χ4n) is 1.93. The summed E-state index contributed by atoms with van der Waals surface area (Å²) in [4.78, 5) is 21.5. The normalized spacial score (nSPS) is 19.7. The van der Waals surface area contributed by atoms with Crippen molar-refractivity contribution in [2.75, 3.05) is 20.1 Å². The van der Waals surface area contributed by atoms with Gasteiger partial charge in [0.1, 0.15) is 5.69 Å². The third kappa shape index (κ3) is 2.55. The summed E-state index contributed by atoms with van der Waals surface area (Å²) >= 11 is 0. The van der Waals surface area contributed by atoms with Gasteiger partial charge in [0, 0.05) is 32.0 Å². The molecule has 2 rings (SSSR count). The molecule has 1 amide bonds. The van der Waals surface area contributed by atoms with E-state index in [1.54, 1.807) is 18.1 Å². The summed E-state index contributed by atoms with van der Waals surface area (Å²) < 4.78 is 0. The maximum Gasteiger partial charge on any atom is 0.273 e. The Kier molecular flexibility index (Phi) is 3.46. The second kappa shape index (κ2) is 5.03. The molecule has 1 fully saturated rings. The molecule has 16 heavy (non-hydrogen) atoms. The zero-order valence-corrected chi connectivity index (χ0v) is 9.39. The third-order valence-electron chi connectivity index (χ3n) is 2.79. The van der Waals surface area contributed by atoms with Crippen LogP contribution < -0.4 is 5.32 Å². The number of aromatic nitrogens is 2. The lowest BCUT2D eigenvalue weighted by atomic mass is 10.2. The van der Waals surface area contributed by atoms with Gasteiger partial charge in [-0.25, -0.2) is 4.98 Å². The van der Waals surface area contributed by atoms with Crippen molar-refractivity contribution in [2.24, 2.45) is 0 Å². The molecule has 1 N–H and O–H groups in total. The van der Waals surface area contributed by atoms with Crippen molar-refractivity contribution in [3.8, 4) is 0 Å². The van der Waals surface area contributed by atoms with Gasteiger partial charge in [0.25, 0.3) is 5.91 Å². The van der Waals surface area contributed by atoms with Gasteiger partial charge in [0.2, 0.25) is 0 Å². The van der Waals surface area contributed by atoms with Crippen LogP contribution in [-0.2, 0) is 0 Å². The van der Waals surface area contributed by atoms with Gasteiger partial charge in [0.15, 0.2) is 0 Å². The van der Waals surface area contributed by atoms with E-state index < -0.39 is 0 Å². The second-order valence-corrected chi connectivity index (χ2v) is 4.07. The molecule has 0 unspecified atom stereocenters. The van der Waals surface area contributed by atoms with E-state index in [1.165, 1.54) is 18.8 Å². The van der Waals surface area contributed by atoms with Gasteiger partial charge >= 0.3 is 0 Å². The van der Waals surface area contributed by atoms with E-state index in [4.69, 9.17) is 0 Å². The van der Waals surface area contributed by atoms with Crippen LogP contribution in [0.4, 0.5) is 0 Å². The molecule has 1 atom stereocenters. The molecule has 0 spiro atoms. The smallest absolute Gasteiger partial charge is 0.273 e. The average Bonchev–Trinajstić information content (AvgIpc) is 2.82. The molecule has 1 aromatic heterocycles. The van der Waals surface area contributed by atoms with Crippen molar-refractivity contribution in [1.29, 1.82) is 0 Å². The zero-order valence-electron chi connectivity index (χ0n) is 9.39. The lowest BCUT2D eigenvalue weighted by Gasteiger charge is -2.20. The number of carbonyl (C=O) groups excluding carboxylic acids is 1. The fraction of sp³-hybridized carbons (Fsp3) is 0.545. The van der Waals surface area contributed by atoms with E-state index in [1.807, 2.05) is 0 Å². The highest BCUT2D eigenvalue weighted by Crippen LogP contribution is 2.07. The minimum atomic E-state index is -0.0678. The molecule has 1 saturated heterocycles. The number of nitrogens with zero attached hydrogens (tertiary/aromatic N) is 3. The van der Waals surface area contributed by atoms with Crippen molar-refractivity contribution in [3.63, 3.8) is 0 Å². The molecule has 1 aromatic rings. The molecule has 0 radical (unpaired) electrons. The Hall–Kier alpha value is -1.49. The minimum Gasteiger partial charge on any atom is -0.339 e. The average molecular weight is 220 g/mol. The topological polar surface area (TPSA) is 58.1 Å². The van der Waals surface area contributed by atoms with Crippen molar-refractivity contribution in [2.45, 2.75) is 18.9 Å². The van der Waals surface area contributed by atoms with Crippen LogP contribution in [0, 0.1) is 0 Å². The zero-order chi connectivity index (χ0) is 11.4. The molecule has 0 aliphatic carbocycles. The van der Waals surface area contributed by atoms with Gasteiger partial charge in [-0.2, -0.15) is 0 Å². The molecule has 86 valence electrons. The van der Waals surface area contributed by atoms with Gasteiger partial charge in [-0.15, -0.1) is 0 Å². The molecule has 2 heterocycles. The number of hydrogen-bond donors (Lipinski definition) is 1. The van der Waals surface area contributed by atoms with E-state index >= 15 is 0 Å². The van der Waals surface area contributed by atoms with Crippen LogP contribution in [-0.4, -0.2) is 47.0 Å². The van der Waals surface area contributed by atoms with Gasteiger partial charge in [-0.3, -0.25) is 9.78 Å². The second-order valence-electron chi connectivity index (χ2n) is 4.07. The standard InChI is InChI=1S/C11H16N4O/c1-15(8-9-3-2-4-13-9)11(16)10-7-12-5-6-14-10/h5-7,9,13H,2-4,8H2,1H3/t9-/m0/s1. The summed E-state index contributed by atoms with van der Waals surface area (Å²) in [6.45, 7) is 1.78. The predicted octanol–water partition coefficient (Wildman–Crippen LogP) is 0.301. The Bertz CT molecular complexity index is 348. The van der Waals surface area contributed by atoms with Gasteiger partial charge < -0.3 is 10.2 Å². The SMILES string of the molecule is CN(C[C@@H]1CCCN1)C(=O)c1cnccn1. The summed E-state index contributed by atoms with van der Waals surface area (Å²) in [6, 6.07) is 0.422. The van der Waals surface area contributed by atoms with Crippen LogP contribution >= 0.6 is 0 Å². The number of hydrogen-bond acceptors (Lipinski definition) is 4. The van der Waals surface area contributed by atoms with E-state index in [9.17, 15) is 4.79 Å². The first kappa shape index (κ1) is 11.0. The molecule has 1 aliphatic heterocycles. The van der Waals surface area contributed by atoms with Crippen molar-refractivity contribution >= 4 is 5.91 Å². The van der Waals surface area contributed by atoms with E-state index in [2.05, 4.69) is 15.3 Å². The Morgan fingerprint density at radius 2 is 2.50 bits per heavy atom. The van der Waals surface area contributed by atoms with Crippen molar-refractivity contribution in [1.82, 2.24) is 20.2 Å². The maximum absolute atomic E-state index is 11.9. The van der Waals surface area contributed by atoms with Crippen LogP contribution in [0.5, 0.6) is 0 Å². The van der Waals surface area contributed by atoms with Crippen LogP contribution in [0.3, 0.4) is 0 Å². The highest BCUT2D eigenvalue weighted by atomic mass is 16.2. The predicted molar refractivity (Wildman–Crippen MR) is 60.0 cm³/mol. The van der Waals surface area contributed by atoms with Crippen molar-refractivity contribution in [3.05, 3.63) is 24.3 Å². The number of nitrogens with one attached hydrogen (secondary N) is 1. The maximum atomic E-state index is 11.9. The number of carbonyl (C=O) groups is 1. The highest BCUT2D eigenvalue weighted by Gasteiger charge is 2.20. The third-order valence-corrected chi connectivity index (χ3v) is 2.79. The number of likely N-dealkylation sites (N-methyl/N-ethyl adjacent to an activating group) is 1. The molecule has 0 bridgehead atoms. The monoisotopic (exact) mass is 220 g/mol.